The lowest BCUT2D eigenvalue weighted by Crippen LogP contribution is -2.44. The minimum absolute atomic E-state index is 0.0741. The number of hydrogen-bond acceptors (Lipinski definition) is 4. The molecule has 0 aromatic carbocycles. The van der Waals surface area contributed by atoms with E-state index in [1.54, 1.807) is 0 Å². The van der Waals surface area contributed by atoms with E-state index >= 15 is 0 Å². The van der Waals surface area contributed by atoms with Gasteiger partial charge in [-0.15, -0.1) is 0 Å². The summed E-state index contributed by atoms with van der Waals surface area (Å²) in [5, 5.41) is 3.32. The molecule has 4 nitrogen and oxygen atoms in total. The molecule has 0 spiro atoms. The maximum absolute atomic E-state index is 5.79. The molecule has 0 unspecified atom stereocenters. The van der Waals surface area contributed by atoms with Gasteiger partial charge in [0.2, 0.25) is 5.95 Å². The third-order valence-corrected chi connectivity index (χ3v) is 2.90. The summed E-state index contributed by atoms with van der Waals surface area (Å²) < 4.78 is 0. The number of nitrogens with zero attached hydrogens (tertiary/aromatic N) is 2. The van der Waals surface area contributed by atoms with Crippen molar-refractivity contribution in [3.8, 4) is 0 Å². The first-order valence-electron chi connectivity index (χ1n) is 5.42. The second-order valence-corrected chi connectivity index (χ2v) is 3.90. The summed E-state index contributed by atoms with van der Waals surface area (Å²) in [7, 11) is 0. The summed E-state index contributed by atoms with van der Waals surface area (Å²) in [6.45, 7) is 6.81. The molecule has 0 saturated carbocycles. The van der Waals surface area contributed by atoms with Crippen molar-refractivity contribution >= 4 is 5.95 Å². The topological polar surface area (TPSA) is 63.8 Å². The Morgan fingerprint density at radius 3 is 2.20 bits per heavy atom. The highest BCUT2D eigenvalue weighted by Gasteiger charge is 2.24. The van der Waals surface area contributed by atoms with Crippen molar-refractivity contribution in [3.63, 3.8) is 0 Å². The van der Waals surface area contributed by atoms with Gasteiger partial charge in [-0.05, 0) is 25.3 Å². The van der Waals surface area contributed by atoms with Crippen molar-refractivity contribution in [2.75, 3.05) is 11.9 Å². The Morgan fingerprint density at radius 1 is 1.27 bits per heavy atom. The van der Waals surface area contributed by atoms with Gasteiger partial charge in [0.05, 0.1) is 5.54 Å². The van der Waals surface area contributed by atoms with Crippen LogP contribution >= 0.6 is 0 Å². The van der Waals surface area contributed by atoms with Gasteiger partial charge < -0.3 is 11.1 Å². The fourth-order valence-corrected chi connectivity index (χ4v) is 1.46. The zero-order valence-electron chi connectivity index (χ0n) is 9.75. The predicted octanol–water partition coefficient (Wildman–Crippen LogP) is 1.71. The lowest BCUT2D eigenvalue weighted by atomic mass is 9.93. The summed E-state index contributed by atoms with van der Waals surface area (Å²) in [6, 6.07) is 0. The summed E-state index contributed by atoms with van der Waals surface area (Å²) in [5.41, 5.74) is 6.78. The van der Waals surface area contributed by atoms with Gasteiger partial charge in [0.15, 0.2) is 0 Å². The predicted molar refractivity (Wildman–Crippen MR) is 62.8 cm³/mol. The van der Waals surface area contributed by atoms with Gasteiger partial charge in [-0.25, -0.2) is 9.97 Å². The molecule has 0 radical (unpaired) electrons. The molecule has 1 rings (SSSR count). The SMILES string of the molecule is CCC(CC)(CN)Nc1ncc(C)cn1. The second kappa shape index (κ2) is 5.07. The molecule has 0 aliphatic heterocycles. The zero-order chi connectivity index (χ0) is 11.3. The molecule has 1 heterocycles. The van der Waals surface area contributed by atoms with Crippen LogP contribution in [-0.4, -0.2) is 22.1 Å². The van der Waals surface area contributed by atoms with Gasteiger partial charge in [-0.2, -0.15) is 0 Å². The normalized spacial score (nSPS) is 11.5. The molecule has 0 aliphatic rings. The third kappa shape index (κ3) is 2.89. The number of nitrogens with two attached hydrogens (primary N) is 1. The molecule has 1 aromatic heterocycles. The van der Waals surface area contributed by atoms with E-state index in [4.69, 9.17) is 5.73 Å². The first-order valence-corrected chi connectivity index (χ1v) is 5.42. The van der Waals surface area contributed by atoms with Crippen LogP contribution < -0.4 is 11.1 Å². The van der Waals surface area contributed by atoms with E-state index in [0.717, 1.165) is 18.4 Å². The number of anilines is 1. The lowest BCUT2D eigenvalue weighted by Gasteiger charge is -2.31. The molecule has 0 atom stereocenters. The summed E-state index contributed by atoms with van der Waals surface area (Å²) in [4.78, 5) is 8.46. The minimum Gasteiger partial charge on any atom is -0.348 e. The molecule has 84 valence electrons. The standard InChI is InChI=1S/C11H20N4/c1-4-11(5-2,8-12)15-10-13-6-9(3)7-14-10/h6-7H,4-5,8,12H2,1-3H3,(H,13,14,15). The average Bonchev–Trinajstić information content (AvgIpc) is 2.29. The van der Waals surface area contributed by atoms with E-state index in [1.807, 2.05) is 19.3 Å². The number of nitrogens with one attached hydrogen (secondary N) is 1. The molecular weight excluding hydrogens is 188 g/mol. The second-order valence-electron chi connectivity index (χ2n) is 3.90. The Hall–Kier alpha value is -1.16. The van der Waals surface area contributed by atoms with E-state index in [-0.39, 0.29) is 5.54 Å². The van der Waals surface area contributed by atoms with Crippen molar-refractivity contribution in [3.05, 3.63) is 18.0 Å². The fraction of sp³-hybridized carbons (Fsp3) is 0.636. The van der Waals surface area contributed by atoms with Gasteiger partial charge in [-0.3, -0.25) is 0 Å². The average molecular weight is 208 g/mol. The Bertz CT molecular complexity index is 282. The molecule has 0 saturated heterocycles. The fourth-order valence-electron chi connectivity index (χ4n) is 1.46. The number of hydrogen-bond donors (Lipinski definition) is 2. The van der Waals surface area contributed by atoms with E-state index in [9.17, 15) is 0 Å². The van der Waals surface area contributed by atoms with Crippen LogP contribution in [0.2, 0.25) is 0 Å². The number of aryl methyl sites for hydroxylation is 1. The quantitative estimate of drug-likeness (QED) is 0.773. The lowest BCUT2D eigenvalue weighted by molar-refractivity contribution is 0.442. The molecule has 3 N–H and O–H groups in total. The van der Waals surface area contributed by atoms with Crippen LogP contribution in [0.3, 0.4) is 0 Å². The van der Waals surface area contributed by atoms with Gasteiger partial charge in [0.25, 0.3) is 0 Å². The molecule has 4 heteroatoms. The molecule has 0 bridgehead atoms. The van der Waals surface area contributed by atoms with Gasteiger partial charge in [0.1, 0.15) is 0 Å². The summed E-state index contributed by atoms with van der Waals surface area (Å²) in [6.07, 6.45) is 5.55. The van der Waals surface area contributed by atoms with Crippen LogP contribution in [-0.2, 0) is 0 Å². The largest absolute Gasteiger partial charge is 0.348 e. The third-order valence-electron chi connectivity index (χ3n) is 2.90. The summed E-state index contributed by atoms with van der Waals surface area (Å²) >= 11 is 0. The van der Waals surface area contributed by atoms with Crippen LogP contribution in [0, 0.1) is 6.92 Å². The first kappa shape index (κ1) is 11.9. The van der Waals surface area contributed by atoms with Crippen molar-refractivity contribution in [1.82, 2.24) is 9.97 Å². The maximum Gasteiger partial charge on any atom is 0.223 e. The highest BCUT2D eigenvalue weighted by molar-refractivity contribution is 5.29. The Labute approximate surface area is 91.3 Å². The number of rotatable bonds is 5. The Morgan fingerprint density at radius 2 is 1.80 bits per heavy atom. The first-order chi connectivity index (χ1) is 7.15. The van der Waals surface area contributed by atoms with Gasteiger partial charge in [0, 0.05) is 18.9 Å². The van der Waals surface area contributed by atoms with Crippen LogP contribution in [0.1, 0.15) is 32.3 Å². The monoisotopic (exact) mass is 208 g/mol. The smallest absolute Gasteiger partial charge is 0.223 e. The van der Waals surface area contributed by atoms with Crippen molar-refractivity contribution < 1.29 is 0 Å². The molecule has 0 fully saturated rings. The Balaban J connectivity index is 2.78. The molecular formula is C11H20N4. The highest BCUT2D eigenvalue weighted by atomic mass is 15.1. The zero-order valence-corrected chi connectivity index (χ0v) is 9.75. The van der Waals surface area contributed by atoms with Gasteiger partial charge in [-0.1, -0.05) is 13.8 Å². The molecule has 1 aromatic rings. The van der Waals surface area contributed by atoms with E-state index in [1.165, 1.54) is 0 Å². The van der Waals surface area contributed by atoms with Crippen molar-refractivity contribution in [2.24, 2.45) is 5.73 Å². The summed E-state index contributed by atoms with van der Waals surface area (Å²) in [5.74, 6) is 0.662. The van der Waals surface area contributed by atoms with Crippen LogP contribution in [0.15, 0.2) is 12.4 Å². The van der Waals surface area contributed by atoms with Crippen LogP contribution in [0.5, 0.6) is 0 Å². The molecule has 0 aliphatic carbocycles. The van der Waals surface area contributed by atoms with Crippen molar-refractivity contribution in [1.29, 1.82) is 0 Å². The maximum atomic E-state index is 5.79. The van der Waals surface area contributed by atoms with Crippen LogP contribution in [0.4, 0.5) is 5.95 Å². The van der Waals surface area contributed by atoms with Crippen molar-refractivity contribution in [2.45, 2.75) is 39.2 Å². The minimum atomic E-state index is -0.0741. The number of aromatic nitrogens is 2. The molecule has 15 heavy (non-hydrogen) atoms. The van der Waals surface area contributed by atoms with Gasteiger partial charge >= 0.3 is 0 Å². The Kier molecular flexibility index (Phi) is 4.03. The van der Waals surface area contributed by atoms with Crippen LogP contribution in [0.25, 0.3) is 0 Å². The van der Waals surface area contributed by atoms with E-state index < -0.39 is 0 Å². The molecule has 0 amide bonds. The van der Waals surface area contributed by atoms with E-state index in [2.05, 4.69) is 29.1 Å². The highest BCUT2D eigenvalue weighted by Crippen LogP contribution is 2.18. The van der Waals surface area contributed by atoms with E-state index in [0.29, 0.717) is 12.5 Å².